The Balaban J connectivity index is 2.15. The fraction of sp³-hybridized carbons (Fsp3) is 0.176. The number of methoxy groups -OCH3 is 1. The van der Waals surface area contributed by atoms with Crippen LogP contribution in [0.5, 0.6) is 11.5 Å². The zero-order valence-corrected chi connectivity index (χ0v) is 16.3. The van der Waals surface area contributed by atoms with Gasteiger partial charge >= 0.3 is 0 Å². The molecule has 0 saturated carbocycles. The molecule has 5 nitrogen and oxygen atoms in total. The van der Waals surface area contributed by atoms with Gasteiger partial charge in [0.1, 0.15) is 6.61 Å². The fourth-order valence-electron chi connectivity index (χ4n) is 1.96. The topological polar surface area (TPSA) is 68.9 Å². The molecule has 0 radical (unpaired) electrons. The van der Waals surface area contributed by atoms with Crippen molar-refractivity contribution >= 4 is 46.1 Å². The van der Waals surface area contributed by atoms with Crippen LogP contribution < -0.4 is 20.6 Å². The van der Waals surface area contributed by atoms with Crippen molar-refractivity contribution in [3.05, 3.63) is 56.7 Å². The molecule has 2 aromatic rings. The Kier molecular flexibility index (Phi) is 6.80. The average molecular weight is 455 g/mol. The van der Waals surface area contributed by atoms with Crippen LogP contribution in [0.3, 0.4) is 0 Å². The van der Waals surface area contributed by atoms with Crippen molar-refractivity contribution in [3.8, 4) is 11.5 Å². The van der Waals surface area contributed by atoms with E-state index in [1.54, 1.807) is 13.3 Å². The number of nitrogens with one attached hydrogen (secondary N) is 1. The van der Waals surface area contributed by atoms with E-state index >= 15 is 0 Å². The van der Waals surface area contributed by atoms with Gasteiger partial charge in [0.05, 0.1) is 16.9 Å². The van der Waals surface area contributed by atoms with E-state index < -0.39 is 0 Å². The number of halogens is 1. The number of nitrogens with zero attached hydrogens (tertiary/aromatic N) is 1. The molecule has 0 heterocycles. The quantitative estimate of drug-likeness (QED) is 0.303. The second-order valence-corrected chi connectivity index (χ2v) is 6.64. The van der Waals surface area contributed by atoms with E-state index in [0.717, 1.165) is 14.7 Å². The molecule has 0 atom stereocenters. The number of nitrogens with two attached hydrogens (primary N) is 1. The third-order valence-electron chi connectivity index (χ3n) is 3.14. The molecule has 0 aliphatic rings. The van der Waals surface area contributed by atoms with Crippen LogP contribution in [0.25, 0.3) is 0 Å². The van der Waals surface area contributed by atoms with Crippen molar-refractivity contribution in [1.29, 1.82) is 0 Å². The summed E-state index contributed by atoms with van der Waals surface area (Å²) in [4.78, 5) is 0. The number of hydrogen-bond donors (Lipinski definition) is 2. The number of hydrazone groups is 1. The van der Waals surface area contributed by atoms with Gasteiger partial charge < -0.3 is 15.2 Å². The number of thiocarbonyl (C=S) groups is 1. The Labute approximate surface area is 160 Å². The Hall–Kier alpha value is -1.87. The third-order valence-corrected chi connectivity index (χ3v) is 4.04. The van der Waals surface area contributed by atoms with Gasteiger partial charge in [0, 0.05) is 0 Å². The number of ether oxygens (including phenoxy) is 2. The maximum absolute atomic E-state index is 5.95. The van der Waals surface area contributed by atoms with Crippen LogP contribution in [-0.4, -0.2) is 18.4 Å². The van der Waals surface area contributed by atoms with Crippen LogP contribution in [0, 0.1) is 10.5 Å². The molecule has 126 valence electrons. The van der Waals surface area contributed by atoms with Crippen LogP contribution >= 0.6 is 34.8 Å². The zero-order valence-electron chi connectivity index (χ0n) is 13.4. The maximum Gasteiger partial charge on any atom is 0.184 e. The average Bonchev–Trinajstić information content (AvgIpc) is 2.54. The lowest BCUT2D eigenvalue weighted by atomic mass is 10.2. The van der Waals surface area contributed by atoms with Gasteiger partial charge in [-0.1, -0.05) is 29.8 Å². The van der Waals surface area contributed by atoms with Crippen molar-refractivity contribution in [1.82, 2.24) is 5.43 Å². The van der Waals surface area contributed by atoms with Gasteiger partial charge in [0.15, 0.2) is 16.6 Å². The normalized spacial score (nSPS) is 10.6. The molecule has 2 aromatic carbocycles. The highest BCUT2D eigenvalue weighted by Gasteiger charge is 2.11. The van der Waals surface area contributed by atoms with Crippen molar-refractivity contribution in [2.24, 2.45) is 10.8 Å². The summed E-state index contributed by atoms with van der Waals surface area (Å²) in [5, 5.41) is 4.06. The minimum Gasteiger partial charge on any atom is -0.493 e. The molecule has 0 amide bonds. The lowest BCUT2D eigenvalue weighted by Crippen LogP contribution is -2.24. The molecular weight excluding hydrogens is 437 g/mol. The molecule has 0 fully saturated rings. The molecule has 3 N–H and O–H groups in total. The number of rotatable bonds is 6. The summed E-state index contributed by atoms with van der Waals surface area (Å²) in [5.74, 6) is 1.35. The van der Waals surface area contributed by atoms with E-state index in [4.69, 9.17) is 27.4 Å². The number of hydrogen-bond acceptors (Lipinski definition) is 4. The first-order valence-electron chi connectivity index (χ1n) is 7.14. The molecular formula is C17H18IN3O2S. The number of aryl methyl sites for hydroxylation is 1. The first kappa shape index (κ1) is 18.5. The highest BCUT2D eigenvalue weighted by molar-refractivity contribution is 14.1. The summed E-state index contributed by atoms with van der Waals surface area (Å²) in [7, 11) is 1.61. The molecule has 0 unspecified atom stereocenters. The second-order valence-electron chi connectivity index (χ2n) is 5.04. The summed E-state index contributed by atoms with van der Waals surface area (Å²) in [6, 6.07) is 12.0. The zero-order chi connectivity index (χ0) is 17.5. The van der Waals surface area contributed by atoms with Crippen molar-refractivity contribution in [2.75, 3.05) is 7.11 Å². The van der Waals surface area contributed by atoms with E-state index in [-0.39, 0.29) is 5.11 Å². The van der Waals surface area contributed by atoms with E-state index in [0.29, 0.717) is 18.1 Å². The monoisotopic (exact) mass is 455 g/mol. The molecule has 0 aliphatic heterocycles. The lowest BCUT2D eigenvalue weighted by molar-refractivity contribution is 0.282. The minimum absolute atomic E-state index is 0.117. The van der Waals surface area contributed by atoms with E-state index in [9.17, 15) is 0 Å². The molecule has 0 bridgehead atoms. The largest absolute Gasteiger partial charge is 0.493 e. The Bertz CT molecular complexity index is 748. The van der Waals surface area contributed by atoms with Gasteiger partial charge in [-0.3, -0.25) is 5.43 Å². The Morgan fingerprint density at radius 1 is 1.33 bits per heavy atom. The lowest BCUT2D eigenvalue weighted by Gasteiger charge is -2.13. The van der Waals surface area contributed by atoms with E-state index in [1.807, 2.05) is 12.1 Å². The van der Waals surface area contributed by atoms with Crippen molar-refractivity contribution in [2.45, 2.75) is 13.5 Å². The SMILES string of the molecule is COc1cc(/C=N\NC(N)=S)cc(I)c1OCc1ccc(C)cc1. The summed E-state index contributed by atoms with van der Waals surface area (Å²) in [5.41, 5.74) is 11.0. The first-order chi connectivity index (χ1) is 11.5. The number of benzene rings is 2. The van der Waals surface area contributed by atoms with Crippen LogP contribution in [0.15, 0.2) is 41.5 Å². The molecule has 0 saturated heterocycles. The Morgan fingerprint density at radius 3 is 2.67 bits per heavy atom. The molecule has 7 heteroatoms. The molecule has 0 spiro atoms. The molecule has 0 aliphatic carbocycles. The van der Waals surface area contributed by atoms with E-state index in [1.165, 1.54) is 5.56 Å². The van der Waals surface area contributed by atoms with Crippen LogP contribution in [0.4, 0.5) is 0 Å². The van der Waals surface area contributed by atoms with Gasteiger partial charge in [-0.05, 0) is 65.0 Å². The summed E-state index contributed by atoms with van der Waals surface area (Å²) in [6.45, 7) is 2.53. The fourth-order valence-corrected chi connectivity index (χ4v) is 2.80. The highest BCUT2D eigenvalue weighted by Crippen LogP contribution is 2.34. The van der Waals surface area contributed by atoms with Crippen molar-refractivity contribution in [3.63, 3.8) is 0 Å². The summed E-state index contributed by atoms with van der Waals surface area (Å²) >= 11 is 6.91. The summed E-state index contributed by atoms with van der Waals surface area (Å²) in [6.07, 6.45) is 1.62. The third kappa shape index (κ3) is 5.34. The van der Waals surface area contributed by atoms with Gasteiger partial charge in [-0.2, -0.15) is 5.10 Å². The van der Waals surface area contributed by atoms with Crippen LogP contribution in [-0.2, 0) is 6.61 Å². The van der Waals surface area contributed by atoms with Gasteiger partial charge in [-0.15, -0.1) is 0 Å². The smallest absolute Gasteiger partial charge is 0.184 e. The Morgan fingerprint density at radius 2 is 2.04 bits per heavy atom. The minimum atomic E-state index is 0.117. The molecule has 0 aromatic heterocycles. The van der Waals surface area contributed by atoms with Crippen LogP contribution in [0.1, 0.15) is 16.7 Å². The van der Waals surface area contributed by atoms with E-state index in [2.05, 4.69) is 64.3 Å². The van der Waals surface area contributed by atoms with Gasteiger partial charge in [0.25, 0.3) is 0 Å². The summed E-state index contributed by atoms with van der Waals surface area (Å²) < 4.78 is 12.3. The van der Waals surface area contributed by atoms with Crippen LogP contribution in [0.2, 0.25) is 0 Å². The van der Waals surface area contributed by atoms with Crippen molar-refractivity contribution < 1.29 is 9.47 Å². The molecule has 24 heavy (non-hydrogen) atoms. The maximum atomic E-state index is 5.95. The highest BCUT2D eigenvalue weighted by atomic mass is 127. The van der Waals surface area contributed by atoms with Gasteiger partial charge in [-0.25, -0.2) is 0 Å². The predicted octanol–water partition coefficient (Wildman–Crippen LogP) is 3.35. The van der Waals surface area contributed by atoms with Gasteiger partial charge in [0.2, 0.25) is 0 Å². The standard InChI is InChI=1S/C17H18IN3O2S/c1-11-3-5-12(6-4-11)10-23-16-14(18)7-13(8-15(16)22-2)9-20-21-17(19)24/h3-9H,10H2,1-2H3,(H3,19,21,24)/b20-9-. The second kappa shape index (κ2) is 8.84. The predicted molar refractivity (Wildman–Crippen MR) is 109 cm³/mol. The molecule has 2 rings (SSSR count). The first-order valence-corrected chi connectivity index (χ1v) is 8.62.